The highest BCUT2D eigenvalue weighted by atomic mass is 16.4. The molecule has 1 atom stereocenters. The first-order valence-corrected chi connectivity index (χ1v) is 6.82. The Morgan fingerprint density at radius 3 is 2.85 bits per heavy atom. The first-order valence-electron chi connectivity index (χ1n) is 6.82. The van der Waals surface area contributed by atoms with Gasteiger partial charge in [0.25, 0.3) is 0 Å². The Balaban J connectivity index is 2.00. The van der Waals surface area contributed by atoms with Gasteiger partial charge in [-0.3, -0.25) is 4.79 Å². The van der Waals surface area contributed by atoms with Crippen LogP contribution >= 0.6 is 0 Å². The van der Waals surface area contributed by atoms with Gasteiger partial charge in [0.2, 0.25) is 5.91 Å². The van der Waals surface area contributed by atoms with Crippen LogP contribution in [0.5, 0.6) is 0 Å². The van der Waals surface area contributed by atoms with Crippen molar-refractivity contribution in [2.24, 2.45) is 0 Å². The number of carboxylic acids is 1. The first-order chi connectivity index (χ1) is 9.43. The summed E-state index contributed by atoms with van der Waals surface area (Å²) in [6, 6.07) is 7.41. The van der Waals surface area contributed by atoms with E-state index in [1.165, 1.54) is 4.90 Å². The number of carbonyl (C=O) groups is 2. The minimum Gasteiger partial charge on any atom is -0.480 e. The van der Waals surface area contributed by atoms with Crippen LogP contribution in [0.3, 0.4) is 0 Å². The van der Waals surface area contributed by atoms with E-state index in [-0.39, 0.29) is 5.91 Å². The zero-order valence-electron chi connectivity index (χ0n) is 11.6. The summed E-state index contributed by atoms with van der Waals surface area (Å²) in [6.45, 7) is 2.15. The third kappa shape index (κ3) is 2.76. The monoisotopic (exact) mass is 276 g/mol. The Bertz CT molecular complexity index is 530. The van der Waals surface area contributed by atoms with Crippen LogP contribution in [0.25, 0.3) is 0 Å². The predicted molar refractivity (Wildman–Crippen MR) is 76.2 cm³/mol. The number of carbonyl (C=O) groups excluding carboxylic acids is 1. The molecule has 0 aliphatic carbocycles. The summed E-state index contributed by atoms with van der Waals surface area (Å²) in [5, 5.41) is 9.30. The molecule has 108 valence electrons. The second-order valence-corrected chi connectivity index (χ2v) is 5.47. The zero-order chi connectivity index (χ0) is 14.8. The number of nitrogens with zero attached hydrogens (tertiary/aromatic N) is 1. The van der Waals surface area contributed by atoms with Crippen molar-refractivity contribution < 1.29 is 14.7 Å². The van der Waals surface area contributed by atoms with E-state index in [1.807, 2.05) is 18.2 Å². The van der Waals surface area contributed by atoms with Gasteiger partial charge in [0.15, 0.2) is 0 Å². The number of nitrogen functional groups attached to an aromatic ring is 1. The summed E-state index contributed by atoms with van der Waals surface area (Å²) in [6.07, 6.45) is 2.15. The van der Waals surface area contributed by atoms with Crippen molar-refractivity contribution in [2.75, 3.05) is 12.3 Å². The Labute approximate surface area is 118 Å². The Morgan fingerprint density at radius 2 is 2.20 bits per heavy atom. The highest BCUT2D eigenvalue weighted by molar-refractivity contribution is 5.87. The number of nitrogens with two attached hydrogens (primary N) is 1. The molecule has 1 unspecified atom stereocenters. The third-order valence-electron chi connectivity index (χ3n) is 3.98. The van der Waals surface area contributed by atoms with E-state index in [2.05, 4.69) is 0 Å². The number of anilines is 1. The van der Waals surface area contributed by atoms with E-state index in [9.17, 15) is 14.7 Å². The molecule has 1 aliphatic rings. The SMILES string of the molecule is CC1(C(=O)O)CCCN1C(=O)CCc1cccc(N)c1. The molecular weight excluding hydrogens is 256 g/mol. The molecular formula is C15H20N2O3. The molecule has 1 amide bonds. The Morgan fingerprint density at radius 1 is 1.45 bits per heavy atom. The molecule has 1 fully saturated rings. The number of hydrogen-bond acceptors (Lipinski definition) is 3. The van der Waals surface area contributed by atoms with Gasteiger partial charge in [-0.05, 0) is 43.9 Å². The number of likely N-dealkylation sites (tertiary alicyclic amines) is 1. The predicted octanol–water partition coefficient (Wildman–Crippen LogP) is 1.67. The highest BCUT2D eigenvalue weighted by Gasteiger charge is 2.45. The van der Waals surface area contributed by atoms with E-state index >= 15 is 0 Å². The molecule has 0 bridgehead atoms. The minimum absolute atomic E-state index is 0.102. The van der Waals surface area contributed by atoms with Crippen LogP contribution in [-0.4, -0.2) is 34.0 Å². The van der Waals surface area contributed by atoms with Crippen molar-refractivity contribution in [3.8, 4) is 0 Å². The number of aliphatic carboxylic acids is 1. The lowest BCUT2D eigenvalue weighted by molar-refractivity contribution is -0.155. The molecule has 1 aliphatic heterocycles. The smallest absolute Gasteiger partial charge is 0.329 e. The molecule has 1 heterocycles. The average molecular weight is 276 g/mol. The standard InChI is InChI=1S/C15H20N2O3/c1-15(14(19)20)8-3-9-17(15)13(18)7-6-11-4-2-5-12(16)10-11/h2,4-5,10H,3,6-9,16H2,1H3,(H,19,20). The van der Waals surface area contributed by atoms with Crippen molar-refractivity contribution in [3.05, 3.63) is 29.8 Å². The topological polar surface area (TPSA) is 83.6 Å². The van der Waals surface area contributed by atoms with Crippen LogP contribution in [0.1, 0.15) is 31.7 Å². The average Bonchev–Trinajstić information content (AvgIpc) is 2.80. The van der Waals surface area contributed by atoms with Gasteiger partial charge < -0.3 is 15.7 Å². The van der Waals surface area contributed by atoms with Crippen molar-refractivity contribution in [1.29, 1.82) is 0 Å². The molecule has 5 nitrogen and oxygen atoms in total. The summed E-state index contributed by atoms with van der Waals surface area (Å²) >= 11 is 0. The summed E-state index contributed by atoms with van der Waals surface area (Å²) < 4.78 is 0. The minimum atomic E-state index is -1.05. The van der Waals surface area contributed by atoms with Gasteiger partial charge in [0.05, 0.1) is 0 Å². The number of hydrogen-bond donors (Lipinski definition) is 2. The van der Waals surface area contributed by atoms with E-state index in [1.54, 1.807) is 13.0 Å². The Kier molecular flexibility index (Phi) is 3.97. The number of carboxylic acid groups (broad SMARTS) is 1. The fourth-order valence-electron chi connectivity index (χ4n) is 2.72. The van der Waals surface area contributed by atoms with E-state index in [0.717, 1.165) is 12.0 Å². The van der Waals surface area contributed by atoms with E-state index < -0.39 is 11.5 Å². The van der Waals surface area contributed by atoms with Gasteiger partial charge in [0, 0.05) is 18.7 Å². The van der Waals surface area contributed by atoms with Crippen LogP contribution in [0.4, 0.5) is 5.69 Å². The lowest BCUT2D eigenvalue weighted by Crippen LogP contribution is -2.50. The Hall–Kier alpha value is -2.04. The third-order valence-corrected chi connectivity index (χ3v) is 3.98. The summed E-state index contributed by atoms with van der Waals surface area (Å²) in [5.74, 6) is -1.03. The molecule has 1 aromatic rings. The number of rotatable bonds is 4. The first kappa shape index (κ1) is 14.4. The maximum Gasteiger partial charge on any atom is 0.329 e. The van der Waals surface area contributed by atoms with E-state index in [4.69, 9.17) is 5.73 Å². The highest BCUT2D eigenvalue weighted by Crippen LogP contribution is 2.30. The molecule has 1 saturated heterocycles. The van der Waals surface area contributed by atoms with Crippen molar-refractivity contribution >= 4 is 17.6 Å². The van der Waals surface area contributed by atoms with Crippen molar-refractivity contribution in [1.82, 2.24) is 4.90 Å². The second kappa shape index (κ2) is 5.53. The van der Waals surface area contributed by atoms with Crippen LogP contribution < -0.4 is 5.73 Å². The van der Waals surface area contributed by atoms with Crippen LogP contribution in [0.2, 0.25) is 0 Å². The van der Waals surface area contributed by atoms with E-state index in [0.29, 0.717) is 31.5 Å². The quantitative estimate of drug-likeness (QED) is 0.819. The molecule has 2 rings (SSSR count). The number of amides is 1. The maximum absolute atomic E-state index is 12.3. The number of benzene rings is 1. The van der Waals surface area contributed by atoms with Crippen molar-refractivity contribution in [2.45, 2.75) is 38.1 Å². The molecule has 3 N–H and O–H groups in total. The van der Waals surface area contributed by atoms with Gasteiger partial charge in [-0.15, -0.1) is 0 Å². The van der Waals surface area contributed by atoms with Crippen molar-refractivity contribution in [3.63, 3.8) is 0 Å². The van der Waals surface area contributed by atoms with Crippen LogP contribution in [-0.2, 0) is 16.0 Å². The fraction of sp³-hybridized carbons (Fsp3) is 0.467. The maximum atomic E-state index is 12.3. The second-order valence-electron chi connectivity index (χ2n) is 5.47. The molecule has 20 heavy (non-hydrogen) atoms. The molecule has 0 radical (unpaired) electrons. The van der Waals surface area contributed by atoms with Gasteiger partial charge >= 0.3 is 5.97 Å². The molecule has 0 saturated carbocycles. The van der Waals surface area contributed by atoms with Gasteiger partial charge in [0.1, 0.15) is 5.54 Å². The van der Waals surface area contributed by atoms with Crippen LogP contribution in [0.15, 0.2) is 24.3 Å². The number of aryl methyl sites for hydroxylation is 1. The molecule has 0 spiro atoms. The van der Waals surface area contributed by atoms with Gasteiger partial charge in [-0.1, -0.05) is 12.1 Å². The summed E-state index contributed by atoms with van der Waals surface area (Å²) in [5.41, 5.74) is 6.32. The molecule has 0 aromatic heterocycles. The zero-order valence-corrected chi connectivity index (χ0v) is 11.6. The normalized spacial score (nSPS) is 21.9. The van der Waals surface area contributed by atoms with Crippen LogP contribution in [0, 0.1) is 0 Å². The summed E-state index contributed by atoms with van der Waals surface area (Å²) in [4.78, 5) is 25.1. The largest absolute Gasteiger partial charge is 0.480 e. The summed E-state index contributed by atoms with van der Waals surface area (Å²) in [7, 11) is 0. The van der Waals surface area contributed by atoms with Gasteiger partial charge in [-0.25, -0.2) is 4.79 Å². The van der Waals surface area contributed by atoms with Gasteiger partial charge in [-0.2, -0.15) is 0 Å². The fourth-order valence-corrected chi connectivity index (χ4v) is 2.72. The molecule has 1 aromatic carbocycles. The molecule has 5 heteroatoms. The lowest BCUT2D eigenvalue weighted by Gasteiger charge is -2.31. The lowest BCUT2D eigenvalue weighted by atomic mass is 9.98.